The zero-order valence-electron chi connectivity index (χ0n) is 15.5. The van der Waals surface area contributed by atoms with E-state index in [1.54, 1.807) is 6.92 Å². The molecule has 0 heterocycles. The van der Waals surface area contributed by atoms with E-state index < -0.39 is 0 Å². The maximum atomic E-state index is 11.3. The molecule has 1 unspecified atom stereocenters. The van der Waals surface area contributed by atoms with Gasteiger partial charge in [-0.05, 0) is 69.0 Å². The van der Waals surface area contributed by atoms with Gasteiger partial charge in [0.15, 0.2) is 0 Å². The van der Waals surface area contributed by atoms with E-state index in [0.717, 1.165) is 42.8 Å². The third-order valence-electron chi connectivity index (χ3n) is 3.75. The smallest absolute Gasteiger partial charge is 0.319 e. The lowest BCUT2D eigenvalue weighted by Gasteiger charge is -2.07. The third-order valence-corrected chi connectivity index (χ3v) is 4.12. The Labute approximate surface area is 168 Å². The highest BCUT2D eigenvalue weighted by molar-refractivity contribution is 9.10. The number of hydrogen-bond acceptors (Lipinski definition) is 5. The fourth-order valence-corrected chi connectivity index (χ4v) is 2.39. The molecule has 2 rings (SSSR count). The number of carbonyl (C=O) groups is 1. The molecular weight excluding hydrogens is 408 g/mol. The zero-order valence-corrected chi connectivity index (χ0v) is 17.1. The lowest BCUT2D eigenvalue weighted by atomic mass is 10.2. The van der Waals surface area contributed by atoms with Crippen LogP contribution in [0.4, 0.5) is 11.4 Å². The van der Waals surface area contributed by atoms with Crippen LogP contribution in [0.25, 0.3) is 0 Å². The Morgan fingerprint density at radius 1 is 0.889 bits per heavy atom. The molecule has 1 atom stereocenters. The van der Waals surface area contributed by atoms with E-state index in [9.17, 15) is 4.79 Å². The van der Waals surface area contributed by atoms with Crippen LogP contribution >= 0.6 is 15.9 Å². The molecule has 0 bridgehead atoms. The van der Waals surface area contributed by atoms with E-state index in [1.807, 2.05) is 54.6 Å². The summed E-state index contributed by atoms with van der Waals surface area (Å²) in [5, 5.41) is 8.40. The number of halogens is 1. The van der Waals surface area contributed by atoms with Crippen molar-refractivity contribution in [2.45, 2.75) is 37.4 Å². The first kappa shape index (κ1) is 21.1. The fraction of sp³-hybridized carbons (Fsp3) is 0.381. The average Bonchev–Trinajstić information content (AvgIpc) is 2.69. The van der Waals surface area contributed by atoms with Crippen LogP contribution in [0, 0.1) is 0 Å². The first-order valence-corrected chi connectivity index (χ1v) is 10.1. The van der Waals surface area contributed by atoms with Crippen LogP contribution in [0.15, 0.2) is 64.8 Å². The summed E-state index contributed by atoms with van der Waals surface area (Å²) in [6.07, 6.45) is 3.92. The number of carbonyl (C=O) groups excluding carboxylic acids is 1. The van der Waals surface area contributed by atoms with Gasteiger partial charge in [0.25, 0.3) is 0 Å². The van der Waals surface area contributed by atoms with Crippen LogP contribution in [0.5, 0.6) is 5.75 Å². The van der Waals surface area contributed by atoms with Crippen molar-refractivity contribution in [1.29, 1.82) is 0 Å². The van der Waals surface area contributed by atoms with Crippen molar-refractivity contribution >= 4 is 33.3 Å². The minimum absolute atomic E-state index is 0.204. The number of benzene rings is 2. The molecule has 0 N–H and O–H groups in total. The molecule has 6 heteroatoms. The van der Waals surface area contributed by atoms with E-state index in [2.05, 4.69) is 26.2 Å². The molecule has 2 aromatic carbocycles. The van der Waals surface area contributed by atoms with Gasteiger partial charge in [-0.1, -0.05) is 34.1 Å². The molecule has 0 saturated carbocycles. The molecule has 0 radical (unpaired) electrons. The quantitative estimate of drug-likeness (QED) is 0.179. The monoisotopic (exact) mass is 432 g/mol. The second-order valence-corrected chi connectivity index (χ2v) is 7.45. The molecular formula is C21H25BrN2O3. The summed E-state index contributed by atoms with van der Waals surface area (Å²) >= 11 is 3.19. The van der Waals surface area contributed by atoms with Gasteiger partial charge in [0.05, 0.1) is 24.6 Å². The van der Waals surface area contributed by atoms with Crippen molar-refractivity contribution in [2.75, 3.05) is 13.2 Å². The number of esters is 1. The number of ether oxygens (including phenoxy) is 2. The van der Waals surface area contributed by atoms with Crippen molar-refractivity contribution in [2.24, 2.45) is 10.2 Å². The van der Waals surface area contributed by atoms with E-state index in [0.29, 0.717) is 13.2 Å². The van der Waals surface area contributed by atoms with Crippen LogP contribution in [-0.4, -0.2) is 24.0 Å². The molecule has 27 heavy (non-hydrogen) atoms. The molecule has 0 aliphatic heterocycles. The Kier molecular flexibility index (Phi) is 9.55. The number of azo groups is 1. The van der Waals surface area contributed by atoms with Gasteiger partial charge in [0, 0.05) is 0 Å². The van der Waals surface area contributed by atoms with E-state index in [-0.39, 0.29) is 10.8 Å². The van der Waals surface area contributed by atoms with Crippen LogP contribution in [-0.2, 0) is 9.53 Å². The van der Waals surface area contributed by atoms with Crippen molar-refractivity contribution < 1.29 is 14.3 Å². The summed E-state index contributed by atoms with van der Waals surface area (Å²) < 4.78 is 10.8. The molecule has 0 aliphatic rings. The summed E-state index contributed by atoms with van der Waals surface area (Å²) in [4.78, 5) is 11.0. The Morgan fingerprint density at radius 3 is 2.11 bits per heavy atom. The highest BCUT2D eigenvalue weighted by atomic mass is 79.9. The lowest BCUT2D eigenvalue weighted by Crippen LogP contribution is -2.14. The van der Waals surface area contributed by atoms with Crippen molar-refractivity contribution in [3.05, 3.63) is 54.6 Å². The molecule has 0 spiro atoms. The van der Waals surface area contributed by atoms with Gasteiger partial charge in [-0.2, -0.15) is 10.2 Å². The molecule has 144 valence electrons. The average molecular weight is 433 g/mol. The number of nitrogens with zero attached hydrogens (tertiary/aromatic N) is 2. The Bertz CT molecular complexity index is 703. The SMILES string of the molecule is CC(Br)C(=O)OCCCCCCOc1ccc(N=Nc2ccccc2)cc1. The predicted octanol–water partition coefficient (Wildman–Crippen LogP) is 6.37. The fourth-order valence-electron chi connectivity index (χ4n) is 2.25. The first-order valence-electron chi connectivity index (χ1n) is 9.15. The normalized spacial score (nSPS) is 12.1. The zero-order chi connectivity index (χ0) is 19.3. The molecule has 0 amide bonds. The highest BCUT2D eigenvalue weighted by Gasteiger charge is 2.08. The third kappa shape index (κ3) is 8.82. The molecule has 0 aromatic heterocycles. The predicted molar refractivity (Wildman–Crippen MR) is 110 cm³/mol. The van der Waals surface area contributed by atoms with E-state index in [4.69, 9.17) is 9.47 Å². The largest absolute Gasteiger partial charge is 0.494 e. The van der Waals surface area contributed by atoms with Gasteiger partial charge in [-0.3, -0.25) is 4.79 Å². The topological polar surface area (TPSA) is 60.2 Å². The van der Waals surface area contributed by atoms with Crippen molar-refractivity contribution in [1.82, 2.24) is 0 Å². The van der Waals surface area contributed by atoms with Gasteiger partial charge in [0.2, 0.25) is 0 Å². The van der Waals surface area contributed by atoms with Crippen LogP contribution < -0.4 is 4.74 Å². The maximum Gasteiger partial charge on any atom is 0.319 e. The molecule has 0 aliphatic carbocycles. The number of alkyl halides is 1. The van der Waals surface area contributed by atoms with E-state index in [1.165, 1.54) is 0 Å². The number of unbranched alkanes of at least 4 members (excludes halogenated alkanes) is 3. The molecule has 2 aromatic rings. The Morgan fingerprint density at radius 2 is 1.48 bits per heavy atom. The summed E-state index contributed by atoms with van der Waals surface area (Å²) in [6.45, 7) is 2.91. The van der Waals surface area contributed by atoms with Gasteiger partial charge in [0.1, 0.15) is 10.6 Å². The van der Waals surface area contributed by atoms with Gasteiger partial charge < -0.3 is 9.47 Å². The van der Waals surface area contributed by atoms with Gasteiger partial charge >= 0.3 is 5.97 Å². The second kappa shape index (κ2) is 12.2. The summed E-state index contributed by atoms with van der Waals surface area (Å²) in [7, 11) is 0. The molecule has 0 fully saturated rings. The van der Waals surface area contributed by atoms with Crippen molar-refractivity contribution in [3.63, 3.8) is 0 Å². The van der Waals surface area contributed by atoms with Crippen molar-refractivity contribution in [3.8, 4) is 5.75 Å². The van der Waals surface area contributed by atoms with Gasteiger partial charge in [-0.25, -0.2) is 0 Å². The lowest BCUT2D eigenvalue weighted by molar-refractivity contribution is -0.142. The summed E-state index contributed by atoms with van der Waals surface area (Å²) in [5.41, 5.74) is 1.62. The number of rotatable bonds is 11. The molecule has 0 saturated heterocycles. The highest BCUT2D eigenvalue weighted by Crippen LogP contribution is 2.21. The van der Waals surface area contributed by atoms with E-state index >= 15 is 0 Å². The standard InChI is InChI=1S/C21H25BrN2O3/c1-17(22)21(25)27-16-8-3-2-7-15-26-20-13-11-19(12-14-20)24-23-18-9-5-4-6-10-18/h4-6,9-14,17H,2-3,7-8,15-16H2,1H3. The summed E-state index contributed by atoms with van der Waals surface area (Å²) in [5.74, 6) is 0.624. The second-order valence-electron chi connectivity index (χ2n) is 6.08. The Balaban J connectivity index is 1.58. The van der Waals surface area contributed by atoms with Gasteiger partial charge in [-0.15, -0.1) is 0 Å². The first-order chi connectivity index (χ1) is 13.1. The van der Waals surface area contributed by atoms with Crippen LogP contribution in [0.1, 0.15) is 32.6 Å². The molecule has 5 nitrogen and oxygen atoms in total. The maximum absolute atomic E-state index is 11.3. The number of hydrogen-bond donors (Lipinski definition) is 0. The summed E-state index contributed by atoms with van der Waals surface area (Å²) in [6, 6.07) is 17.2. The minimum atomic E-state index is -0.239. The van der Waals surface area contributed by atoms with Crippen LogP contribution in [0.2, 0.25) is 0 Å². The Hall–Kier alpha value is -2.21. The minimum Gasteiger partial charge on any atom is -0.494 e. The van der Waals surface area contributed by atoms with Crippen LogP contribution in [0.3, 0.4) is 0 Å².